The summed E-state index contributed by atoms with van der Waals surface area (Å²) in [6.45, 7) is 4.25. The van der Waals surface area contributed by atoms with Crippen molar-refractivity contribution < 1.29 is 9.53 Å². The smallest absolute Gasteiger partial charge is 0.230 e. The van der Waals surface area contributed by atoms with E-state index in [1.807, 2.05) is 6.20 Å². The van der Waals surface area contributed by atoms with E-state index < -0.39 is 0 Å². The molecule has 4 heterocycles. The Morgan fingerprint density at radius 1 is 1.07 bits per heavy atom. The summed E-state index contributed by atoms with van der Waals surface area (Å²) in [7, 11) is 0. The van der Waals surface area contributed by atoms with Gasteiger partial charge in [-0.15, -0.1) is 0 Å². The Bertz CT molecular complexity index is 843. The largest absolute Gasteiger partial charge is 0.381 e. The summed E-state index contributed by atoms with van der Waals surface area (Å²) in [4.78, 5) is 22.7. The van der Waals surface area contributed by atoms with E-state index >= 15 is 0 Å². The Labute approximate surface area is 160 Å². The van der Waals surface area contributed by atoms with Gasteiger partial charge >= 0.3 is 0 Å². The van der Waals surface area contributed by atoms with E-state index in [4.69, 9.17) is 9.72 Å². The Kier molecular flexibility index (Phi) is 4.27. The van der Waals surface area contributed by atoms with E-state index in [0.29, 0.717) is 11.9 Å². The molecule has 3 fully saturated rings. The third-order valence-corrected chi connectivity index (χ3v) is 6.71. The number of nitrogens with zero attached hydrogens (tertiary/aromatic N) is 3. The van der Waals surface area contributed by atoms with Crippen LogP contribution in [0.1, 0.15) is 32.1 Å². The van der Waals surface area contributed by atoms with Crippen molar-refractivity contribution in [3.63, 3.8) is 0 Å². The number of piperidine rings is 1. The van der Waals surface area contributed by atoms with Gasteiger partial charge in [-0.25, -0.2) is 4.98 Å². The summed E-state index contributed by atoms with van der Waals surface area (Å²) in [5.74, 6) is 1.41. The lowest BCUT2D eigenvalue weighted by Crippen LogP contribution is -2.50. The number of ether oxygens (including phenoxy) is 1. The fourth-order valence-corrected chi connectivity index (χ4v) is 5.24. The van der Waals surface area contributed by atoms with Gasteiger partial charge in [0, 0.05) is 50.5 Å². The zero-order chi connectivity index (χ0) is 18.3. The molecular weight excluding hydrogens is 338 g/mol. The molecule has 1 aromatic heterocycles. The van der Waals surface area contributed by atoms with Crippen molar-refractivity contribution in [2.75, 3.05) is 37.7 Å². The molecular formula is C22H27N3O2. The zero-order valence-electron chi connectivity index (χ0n) is 15.8. The number of anilines is 1. The molecule has 0 N–H and O–H groups in total. The highest BCUT2D eigenvalue weighted by Crippen LogP contribution is 2.43. The van der Waals surface area contributed by atoms with Crippen LogP contribution in [0.5, 0.6) is 0 Å². The summed E-state index contributed by atoms with van der Waals surface area (Å²) >= 11 is 0. The summed E-state index contributed by atoms with van der Waals surface area (Å²) in [5, 5.41) is 2.40. The second-order valence-electron chi connectivity index (χ2n) is 8.25. The van der Waals surface area contributed by atoms with Gasteiger partial charge in [-0.3, -0.25) is 4.79 Å². The first-order chi connectivity index (χ1) is 13.3. The normalized spacial score (nSPS) is 27.0. The molecule has 5 nitrogen and oxygen atoms in total. The molecule has 5 rings (SSSR count). The Balaban J connectivity index is 1.41. The van der Waals surface area contributed by atoms with Crippen LogP contribution in [-0.4, -0.2) is 54.7 Å². The van der Waals surface area contributed by atoms with E-state index in [2.05, 4.69) is 40.1 Å². The maximum Gasteiger partial charge on any atom is 0.230 e. The first-order valence-corrected chi connectivity index (χ1v) is 10.2. The van der Waals surface area contributed by atoms with Crippen molar-refractivity contribution in [2.24, 2.45) is 5.41 Å². The SMILES string of the molecule is O=C1N(C2CCOCC2)CC[C@@]12CCCN(c1nccc3ccccc13)C2. The topological polar surface area (TPSA) is 45.7 Å². The van der Waals surface area contributed by atoms with Gasteiger partial charge in [-0.2, -0.15) is 0 Å². The van der Waals surface area contributed by atoms with Crippen molar-refractivity contribution in [3.8, 4) is 0 Å². The number of carbonyl (C=O) groups is 1. The van der Waals surface area contributed by atoms with Gasteiger partial charge in [-0.05, 0) is 43.6 Å². The van der Waals surface area contributed by atoms with Crippen molar-refractivity contribution in [2.45, 2.75) is 38.1 Å². The number of hydrogen-bond donors (Lipinski definition) is 0. The maximum absolute atomic E-state index is 13.5. The Hall–Kier alpha value is -2.14. The molecule has 1 spiro atoms. The van der Waals surface area contributed by atoms with Gasteiger partial charge in [-0.1, -0.05) is 24.3 Å². The van der Waals surface area contributed by atoms with Gasteiger partial charge in [0.1, 0.15) is 5.82 Å². The van der Waals surface area contributed by atoms with E-state index in [0.717, 1.165) is 70.8 Å². The first-order valence-electron chi connectivity index (χ1n) is 10.2. The zero-order valence-corrected chi connectivity index (χ0v) is 15.8. The average Bonchev–Trinajstić information content (AvgIpc) is 3.04. The van der Waals surface area contributed by atoms with Gasteiger partial charge in [0.2, 0.25) is 5.91 Å². The number of fused-ring (bicyclic) bond motifs is 1. The minimum absolute atomic E-state index is 0.227. The lowest BCUT2D eigenvalue weighted by Gasteiger charge is -2.41. The number of carbonyl (C=O) groups excluding carboxylic acids is 1. The molecule has 3 aliphatic rings. The highest BCUT2D eigenvalue weighted by molar-refractivity contribution is 5.93. The molecule has 2 aromatic rings. The standard InChI is InChI=1S/C22H27N3O2/c26-21-22(10-13-25(21)18-7-14-27-15-8-18)9-3-12-24(16-22)20-19-5-2-1-4-17(19)6-11-23-20/h1-2,4-6,11,18H,3,7-10,12-16H2/t22-/m1/s1. The summed E-state index contributed by atoms with van der Waals surface area (Å²) in [6, 6.07) is 10.8. The Morgan fingerprint density at radius 3 is 2.81 bits per heavy atom. The fourth-order valence-electron chi connectivity index (χ4n) is 5.24. The highest BCUT2D eigenvalue weighted by Gasteiger charge is 2.50. The molecule has 0 unspecified atom stereocenters. The molecule has 1 atom stereocenters. The molecule has 5 heteroatoms. The van der Waals surface area contributed by atoms with E-state index in [1.165, 1.54) is 10.8 Å². The molecule has 0 aliphatic carbocycles. The van der Waals surface area contributed by atoms with Crippen molar-refractivity contribution in [1.29, 1.82) is 0 Å². The number of benzene rings is 1. The molecule has 142 valence electrons. The van der Waals surface area contributed by atoms with Crippen LogP contribution in [0.15, 0.2) is 36.5 Å². The van der Waals surface area contributed by atoms with Crippen LogP contribution in [0.2, 0.25) is 0 Å². The van der Waals surface area contributed by atoms with Gasteiger partial charge in [0.05, 0.1) is 5.41 Å². The fraction of sp³-hybridized carbons (Fsp3) is 0.545. The second-order valence-corrected chi connectivity index (χ2v) is 8.25. The van der Waals surface area contributed by atoms with Crippen LogP contribution in [0.4, 0.5) is 5.82 Å². The number of rotatable bonds is 2. The average molecular weight is 365 g/mol. The maximum atomic E-state index is 13.5. The molecule has 27 heavy (non-hydrogen) atoms. The molecule has 0 bridgehead atoms. The molecule has 3 aliphatic heterocycles. The minimum atomic E-state index is -0.227. The van der Waals surface area contributed by atoms with Crippen molar-refractivity contribution in [3.05, 3.63) is 36.5 Å². The molecule has 3 saturated heterocycles. The van der Waals surface area contributed by atoms with E-state index in [-0.39, 0.29) is 5.41 Å². The number of pyridine rings is 1. The predicted octanol–water partition coefficient (Wildman–Crippen LogP) is 3.23. The molecule has 1 aromatic carbocycles. The lowest BCUT2D eigenvalue weighted by atomic mass is 9.78. The van der Waals surface area contributed by atoms with Crippen LogP contribution in [0.25, 0.3) is 10.8 Å². The summed E-state index contributed by atoms with van der Waals surface area (Å²) in [6.07, 6.45) is 6.89. The second kappa shape index (κ2) is 6.79. The van der Waals surface area contributed by atoms with Gasteiger partial charge < -0.3 is 14.5 Å². The van der Waals surface area contributed by atoms with Crippen LogP contribution in [-0.2, 0) is 9.53 Å². The van der Waals surface area contributed by atoms with Gasteiger partial charge in [0.25, 0.3) is 0 Å². The lowest BCUT2D eigenvalue weighted by molar-refractivity contribution is -0.139. The number of amides is 1. The quantitative estimate of drug-likeness (QED) is 0.820. The Morgan fingerprint density at radius 2 is 1.93 bits per heavy atom. The number of aromatic nitrogens is 1. The predicted molar refractivity (Wildman–Crippen MR) is 106 cm³/mol. The minimum Gasteiger partial charge on any atom is -0.381 e. The van der Waals surface area contributed by atoms with Gasteiger partial charge in [0.15, 0.2) is 0 Å². The van der Waals surface area contributed by atoms with Crippen molar-refractivity contribution >= 4 is 22.5 Å². The van der Waals surface area contributed by atoms with Crippen LogP contribution in [0, 0.1) is 5.41 Å². The monoisotopic (exact) mass is 365 g/mol. The van der Waals surface area contributed by atoms with Crippen LogP contribution < -0.4 is 4.90 Å². The number of likely N-dealkylation sites (tertiary alicyclic amines) is 1. The van der Waals surface area contributed by atoms with E-state index in [9.17, 15) is 4.79 Å². The van der Waals surface area contributed by atoms with Crippen molar-refractivity contribution in [1.82, 2.24) is 9.88 Å². The third kappa shape index (κ3) is 2.89. The summed E-state index contributed by atoms with van der Waals surface area (Å²) < 4.78 is 5.49. The van der Waals surface area contributed by atoms with Crippen LogP contribution in [0.3, 0.4) is 0 Å². The van der Waals surface area contributed by atoms with E-state index in [1.54, 1.807) is 0 Å². The van der Waals surface area contributed by atoms with Crippen LogP contribution >= 0.6 is 0 Å². The number of hydrogen-bond acceptors (Lipinski definition) is 4. The summed E-state index contributed by atoms with van der Waals surface area (Å²) in [5.41, 5.74) is -0.227. The molecule has 1 amide bonds. The first kappa shape index (κ1) is 17.0. The third-order valence-electron chi connectivity index (χ3n) is 6.71. The molecule has 0 saturated carbocycles. The highest BCUT2D eigenvalue weighted by atomic mass is 16.5. The molecule has 0 radical (unpaired) electrons.